The van der Waals surface area contributed by atoms with Crippen LogP contribution in [0, 0.1) is 0 Å². The van der Waals surface area contributed by atoms with E-state index in [1.54, 1.807) is 0 Å². The van der Waals surface area contributed by atoms with Gasteiger partial charge in [0.2, 0.25) is 12.0 Å². The van der Waals surface area contributed by atoms with Gasteiger partial charge in [-0.05, 0) is 38.8 Å². The fourth-order valence-corrected chi connectivity index (χ4v) is 2.84. The van der Waals surface area contributed by atoms with E-state index in [9.17, 15) is 24.6 Å². The van der Waals surface area contributed by atoms with Gasteiger partial charge in [0, 0.05) is 40.2 Å². The van der Waals surface area contributed by atoms with Crippen LogP contribution in [0.1, 0.15) is 59.3 Å². The molecule has 32 heavy (non-hydrogen) atoms. The van der Waals surface area contributed by atoms with Gasteiger partial charge >= 0.3 is 17.9 Å². The topological polar surface area (TPSA) is 193 Å². The van der Waals surface area contributed by atoms with E-state index in [0.29, 0.717) is 32.4 Å². The first-order chi connectivity index (χ1) is 15.0. The Morgan fingerprint density at radius 1 is 0.969 bits per heavy atom. The molecule has 0 heterocycles. The van der Waals surface area contributed by atoms with Crippen LogP contribution in [-0.2, 0) is 33.3 Å². The van der Waals surface area contributed by atoms with Gasteiger partial charge in [-0.25, -0.2) is 0 Å². The Labute approximate surface area is 188 Å². The van der Waals surface area contributed by atoms with E-state index < -0.39 is 42.3 Å². The third kappa shape index (κ3) is 15.1. The largest absolute Gasteiger partial charge is 0.466 e. The second-order valence-electron chi connectivity index (χ2n) is 7.44. The van der Waals surface area contributed by atoms with Gasteiger partial charge in [0.1, 0.15) is 12.3 Å². The van der Waals surface area contributed by atoms with E-state index in [4.69, 9.17) is 30.4 Å². The van der Waals surface area contributed by atoms with E-state index in [-0.39, 0.29) is 26.1 Å². The Balaban J connectivity index is 4.75. The minimum atomic E-state index is -1.99. The molecule has 0 radical (unpaired) electrons. The molecule has 0 aromatic heterocycles. The molecule has 0 aliphatic heterocycles. The van der Waals surface area contributed by atoms with E-state index in [1.165, 1.54) is 13.8 Å². The Hall–Kier alpha value is -1.83. The van der Waals surface area contributed by atoms with Crippen molar-refractivity contribution in [3.8, 4) is 0 Å². The number of carbonyl (C=O) groups is 3. The molecule has 12 nitrogen and oxygen atoms in total. The van der Waals surface area contributed by atoms with Crippen LogP contribution < -0.4 is 16.8 Å². The first-order valence-electron chi connectivity index (χ1n) is 10.7. The Morgan fingerprint density at radius 2 is 1.66 bits per heavy atom. The Morgan fingerprint density at radius 3 is 2.22 bits per heavy atom. The molecule has 4 atom stereocenters. The van der Waals surface area contributed by atoms with Crippen LogP contribution in [0.4, 0.5) is 0 Å². The number of rotatable bonds is 18. The molecular formula is C20H39N3O9. The fraction of sp³-hybridized carbons (Fsp3) is 0.850. The number of hydrogen-bond acceptors (Lipinski definition) is 12. The van der Waals surface area contributed by atoms with Crippen molar-refractivity contribution in [2.24, 2.45) is 11.5 Å². The van der Waals surface area contributed by atoms with Crippen molar-refractivity contribution in [3.05, 3.63) is 0 Å². The summed E-state index contributed by atoms with van der Waals surface area (Å²) < 4.78 is 20.4. The molecule has 0 aromatic rings. The number of aliphatic hydroxyl groups excluding tert-OH is 2. The van der Waals surface area contributed by atoms with E-state index in [1.807, 2.05) is 0 Å². The van der Waals surface area contributed by atoms with Gasteiger partial charge in [-0.15, -0.1) is 0 Å². The van der Waals surface area contributed by atoms with E-state index in [0.717, 1.165) is 13.3 Å². The molecule has 12 heteroatoms. The molecule has 0 aromatic carbocycles. The summed E-state index contributed by atoms with van der Waals surface area (Å²) in [5.74, 6) is -1.88. The summed E-state index contributed by atoms with van der Waals surface area (Å²) in [4.78, 5) is 33.9. The summed E-state index contributed by atoms with van der Waals surface area (Å²) in [5, 5.41) is 23.2. The summed E-state index contributed by atoms with van der Waals surface area (Å²) in [7, 11) is 0. The normalized spacial score (nSPS) is 15.8. The van der Waals surface area contributed by atoms with Gasteiger partial charge in [-0.1, -0.05) is 0 Å². The first-order valence-corrected chi connectivity index (χ1v) is 10.7. The molecule has 188 valence electrons. The highest BCUT2D eigenvalue weighted by molar-refractivity contribution is 5.67. The number of nitrogens with two attached hydrogens (primary N) is 2. The van der Waals surface area contributed by atoms with Crippen LogP contribution in [0.15, 0.2) is 0 Å². The number of esters is 3. The van der Waals surface area contributed by atoms with Crippen LogP contribution in [-0.4, -0.2) is 78.8 Å². The summed E-state index contributed by atoms with van der Waals surface area (Å²) in [6.07, 6.45) is -1.12. The monoisotopic (exact) mass is 465 g/mol. The zero-order valence-corrected chi connectivity index (χ0v) is 19.2. The van der Waals surface area contributed by atoms with Crippen molar-refractivity contribution in [1.29, 1.82) is 0 Å². The highest BCUT2D eigenvalue weighted by atomic mass is 16.7. The van der Waals surface area contributed by atoms with Gasteiger partial charge in [0.05, 0.1) is 6.61 Å². The molecule has 0 rings (SSSR count). The number of hydrogen-bond donors (Lipinski definition) is 5. The molecule has 0 fully saturated rings. The van der Waals surface area contributed by atoms with Crippen molar-refractivity contribution in [2.75, 3.05) is 26.3 Å². The number of aliphatic hydroxyl groups is 2. The van der Waals surface area contributed by atoms with E-state index in [2.05, 4.69) is 5.32 Å². The minimum Gasteiger partial charge on any atom is -0.466 e. The van der Waals surface area contributed by atoms with Gasteiger partial charge in [-0.3, -0.25) is 25.4 Å². The third-order valence-corrected chi connectivity index (χ3v) is 4.28. The lowest BCUT2D eigenvalue weighted by Crippen LogP contribution is -2.57. The van der Waals surface area contributed by atoms with Crippen molar-refractivity contribution >= 4 is 17.9 Å². The number of nitrogens with one attached hydrogen (secondary N) is 1. The van der Waals surface area contributed by atoms with Gasteiger partial charge in [0.15, 0.2) is 0 Å². The molecule has 0 saturated heterocycles. The maximum atomic E-state index is 11.5. The zero-order chi connectivity index (χ0) is 24.6. The molecule has 0 aliphatic carbocycles. The highest BCUT2D eigenvalue weighted by Gasteiger charge is 2.41. The molecule has 0 spiro atoms. The van der Waals surface area contributed by atoms with Crippen molar-refractivity contribution < 1.29 is 43.5 Å². The van der Waals surface area contributed by atoms with Gasteiger partial charge in [-0.2, -0.15) is 0 Å². The minimum absolute atomic E-state index is 0.0535. The second kappa shape index (κ2) is 16.8. The lowest BCUT2D eigenvalue weighted by molar-refractivity contribution is -0.237. The van der Waals surface area contributed by atoms with Crippen LogP contribution in [0.25, 0.3) is 0 Å². The summed E-state index contributed by atoms with van der Waals surface area (Å²) in [5.41, 5.74) is 9.50. The van der Waals surface area contributed by atoms with Crippen molar-refractivity contribution in [2.45, 2.75) is 83.6 Å². The number of ether oxygens (including phenoxy) is 4. The lowest BCUT2D eigenvalue weighted by atomic mass is 10.0. The Kier molecular flexibility index (Phi) is 15.8. The lowest BCUT2D eigenvalue weighted by Gasteiger charge is -2.35. The predicted octanol–water partition coefficient (Wildman–Crippen LogP) is -0.758. The van der Waals surface area contributed by atoms with Crippen LogP contribution in [0.5, 0.6) is 0 Å². The number of carbonyl (C=O) groups excluding carboxylic acids is 3. The summed E-state index contributed by atoms with van der Waals surface area (Å²) in [6, 6.07) is 0. The summed E-state index contributed by atoms with van der Waals surface area (Å²) in [6.45, 7) is 4.73. The first kappa shape index (κ1) is 30.2. The standard InChI is InChI=1S/C20H39N3O9/c1-14(24)29-12-8-17(31-15(2)25)13-20(22,32-16(3)26)19(28)30-11-5-4-7-18(27)23-10-6-9-21/h17-19,23,27-28H,4-13,21-22H2,1-3H3/t17?,18-,19?,20?/m1/s1. The van der Waals surface area contributed by atoms with Gasteiger partial charge in [0.25, 0.3) is 0 Å². The van der Waals surface area contributed by atoms with E-state index >= 15 is 0 Å². The van der Waals surface area contributed by atoms with Crippen LogP contribution >= 0.6 is 0 Å². The third-order valence-electron chi connectivity index (χ3n) is 4.28. The highest BCUT2D eigenvalue weighted by Crippen LogP contribution is 2.22. The van der Waals surface area contributed by atoms with Crippen LogP contribution in [0.2, 0.25) is 0 Å². The van der Waals surface area contributed by atoms with Crippen LogP contribution in [0.3, 0.4) is 0 Å². The molecule has 0 aliphatic rings. The molecule has 0 amide bonds. The SMILES string of the molecule is CC(=O)OCCC(CC(N)(OC(C)=O)C(O)OCCCC[C@@H](O)NCCCN)OC(C)=O. The van der Waals surface area contributed by atoms with Gasteiger partial charge < -0.3 is 34.9 Å². The van der Waals surface area contributed by atoms with Crippen molar-refractivity contribution in [1.82, 2.24) is 5.32 Å². The maximum Gasteiger partial charge on any atom is 0.304 e. The zero-order valence-electron chi connectivity index (χ0n) is 19.2. The molecular weight excluding hydrogens is 426 g/mol. The van der Waals surface area contributed by atoms with Crippen molar-refractivity contribution in [3.63, 3.8) is 0 Å². The fourth-order valence-electron chi connectivity index (χ4n) is 2.84. The number of unbranched alkanes of at least 4 members (excludes halogenated alkanes) is 1. The average molecular weight is 466 g/mol. The molecule has 7 N–H and O–H groups in total. The quantitative estimate of drug-likeness (QED) is 0.0736. The summed E-state index contributed by atoms with van der Waals surface area (Å²) >= 11 is 0. The molecule has 3 unspecified atom stereocenters. The second-order valence-corrected chi connectivity index (χ2v) is 7.44. The molecule has 0 bridgehead atoms. The average Bonchev–Trinajstić information content (AvgIpc) is 2.66. The molecule has 0 saturated carbocycles. The maximum absolute atomic E-state index is 11.5. The predicted molar refractivity (Wildman–Crippen MR) is 114 cm³/mol. The Bertz CT molecular complexity index is 564. The smallest absolute Gasteiger partial charge is 0.304 e.